The van der Waals surface area contributed by atoms with Gasteiger partial charge in [-0.3, -0.25) is 14.5 Å². The van der Waals surface area contributed by atoms with Crippen molar-refractivity contribution in [1.29, 1.82) is 0 Å². The number of rotatable bonds is 8. The normalized spacial score (nSPS) is 13.7. The molecule has 1 heterocycles. The number of nitrogens with one attached hydrogen (secondary N) is 1. The predicted octanol–water partition coefficient (Wildman–Crippen LogP) is 3.32. The van der Waals surface area contributed by atoms with Crippen molar-refractivity contribution in [3.8, 4) is 23.0 Å². The summed E-state index contributed by atoms with van der Waals surface area (Å²) in [5, 5.41) is 3.07. The van der Waals surface area contributed by atoms with Crippen molar-refractivity contribution in [2.24, 2.45) is 0 Å². The second-order valence-electron chi connectivity index (χ2n) is 7.15. The van der Waals surface area contributed by atoms with Crippen LogP contribution in [0.4, 0.5) is 5.69 Å². The van der Waals surface area contributed by atoms with Crippen molar-refractivity contribution in [1.82, 2.24) is 4.90 Å². The predicted molar refractivity (Wildman–Crippen MR) is 117 cm³/mol. The van der Waals surface area contributed by atoms with Gasteiger partial charge in [-0.2, -0.15) is 0 Å². The molecule has 0 saturated heterocycles. The van der Waals surface area contributed by atoms with Crippen LogP contribution in [-0.4, -0.2) is 51.2 Å². The summed E-state index contributed by atoms with van der Waals surface area (Å²) in [6.45, 7) is 3.87. The number of amides is 2. The lowest BCUT2D eigenvalue weighted by Crippen LogP contribution is -2.27. The van der Waals surface area contributed by atoms with Gasteiger partial charge in [0.15, 0.2) is 11.5 Å². The molecule has 8 heteroatoms. The monoisotopic (exact) mass is 426 g/mol. The first-order chi connectivity index (χ1) is 14.8. The number of anilines is 1. The SMILES string of the molecule is COc1cc(NC2=C(c3ccc(OC(C)C)cc3)C(=O)N(C)C2=O)cc(OC)c1OC. The highest BCUT2D eigenvalue weighted by atomic mass is 16.5. The number of carbonyl (C=O) groups is 2. The molecule has 31 heavy (non-hydrogen) atoms. The van der Waals surface area contributed by atoms with Crippen molar-refractivity contribution < 1.29 is 28.5 Å². The number of benzene rings is 2. The second kappa shape index (κ2) is 8.99. The number of hydrogen-bond donors (Lipinski definition) is 1. The zero-order valence-corrected chi connectivity index (χ0v) is 18.4. The fourth-order valence-electron chi connectivity index (χ4n) is 3.30. The number of likely N-dealkylation sites (N-methyl/N-ethyl adjacent to an activating group) is 1. The molecule has 0 bridgehead atoms. The second-order valence-corrected chi connectivity index (χ2v) is 7.15. The third-order valence-corrected chi connectivity index (χ3v) is 4.74. The average molecular weight is 426 g/mol. The van der Waals surface area contributed by atoms with Crippen molar-refractivity contribution >= 4 is 23.1 Å². The van der Waals surface area contributed by atoms with E-state index in [2.05, 4.69) is 5.32 Å². The molecule has 0 aromatic heterocycles. The summed E-state index contributed by atoms with van der Waals surface area (Å²) >= 11 is 0. The number of methoxy groups -OCH3 is 3. The molecule has 2 aromatic carbocycles. The Labute approximate surface area is 181 Å². The van der Waals surface area contributed by atoms with Crippen LogP contribution in [0.1, 0.15) is 19.4 Å². The quantitative estimate of drug-likeness (QED) is 0.648. The van der Waals surface area contributed by atoms with Gasteiger partial charge in [0.2, 0.25) is 5.75 Å². The number of carbonyl (C=O) groups excluding carboxylic acids is 2. The first-order valence-electron chi connectivity index (χ1n) is 9.71. The summed E-state index contributed by atoms with van der Waals surface area (Å²) in [7, 11) is 5.97. The standard InChI is InChI=1S/C23H26N2O6/c1-13(2)31-16-9-7-14(8-10-16)19-20(23(27)25(3)22(19)26)24-15-11-17(28-4)21(30-6)18(12-15)29-5/h7-13,24H,1-6H3. The Morgan fingerprint density at radius 3 is 1.94 bits per heavy atom. The highest BCUT2D eigenvalue weighted by Crippen LogP contribution is 2.41. The lowest BCUT2D eigenvalue weighted by atomic mass is 10.0. The summed E-state index contributed by atoms with van der Waals surface area (Å²) in [5.74, 6) is 1.13. The Kier molecular flexibility index (Phi) is 6.39. The summed E-state index contributed by atoms with van der Waals surface area (Å²) < 4.78 is 21.7. The fraction of sp³-hybridized carbons (Fsp3) is 0.304. The van der Waals surface area contributed by atoms with Crippen molar-refractivity contribution in [3.63, 3.8) is 0 Å². The van der Waals surface area contributed by atoms with Crippen molar-refractivity contribution in [3.05, 3.63) is 47.7 Å². The Morgan fingerprint density at radius 2 is 1.45 bits per heavy atom. The molecule has 2 amide bonds. The molecular weight excluding hydrogens is 400 g/mol. The Bertz CT molecular complexity index is 1000. The minimum Gasteiger partial charge on any atom is -0.493 e. The van der Waals surface area contributed by atoms with Crippen LogP contribution in [0.25, 0.3) is 5.57 Å². The maximum absolute atomic E-state index is 12.8. The van der Waals surface area contributed by atoms with Crippen LogP contribution in [0.15, 0.2) is 42.1 Å². The zero-order chi connectivity index (χ0) is 22.7. The van der Waals surface area contributed by atoms with E-state index in [1.165, 1.54) is 28.4 Å². The van der Waals surface area contributed by atoms with E-state index in [1.54, 1.807) is 36.4 Å². The summed E-state index contributed by atoms with van der Waals surface area (Å²) in [6, 6.07) is 10.4. The minimum absolute atomic E-state index is 0.0307. The van der Waals surface area contributed by atoms with E-state index < -0.39 is 11.8 Å². The number of ether oxygens (including phenoxy) is 4. The smallest absolute Gasteiger partial charge is 0.277 e. The van der Waals surface area contributed by atoms with Crippen molar-refractivity contribution in [2.75, 3.05) is 33.7 Å². The Hall–Kier alpha value is -3.68. The lowest BCUT2D eigenvalue weighted by Gasteiger charge is -2.15. The van der Waals surface area contributed by atoms with Gasteiger partial charge in [-0.1, -0.05) is 12.1 Å². The van der Waals surface area contributed by atoms with Crippen LogP contribution in [-0.2, 0) is 9.59 Å². The topological polar surface area (TPSA) is 86.3 Å². The number of hydrogen-bond acceptors (Lipinski definition) is 7. The van der Waals surface area contributed by atoms with E-state index >= 15 is 0 Å². The molecule has 3 rings (SSSR count). The van der Waals surface area contributed by atoms with Crippen LogP contribution >= 0.6 is 0 Å². The maximum Gasteiger partial charge on any atom is 0.277 e. The van der Waals surface area contributed by atoms with Crippen LogP contribution < -0.4 is 24.3 Å². The van der Waals surface area contributed by atoms with Crippen LogP contribution in [0.5, 0.6) is 23.0 Å². The molecule has 1 aliphatic rings. The van der Waals surface area contributed by atoms with Gasteiger partial charge in [0, 0.05) is 24.9 Å². The molecule has 0 atom stereocenters. The largest absolute Gasteiger partial charge is 0.493 e. The van der Waals surface area contributed by atoms with E-state index in [4.69, 9.17) is 18.9 Å². The van der Waals surface area contributed by atoms with E-state index in [1.807, 2.05) is 13.8 Å². The highest BCUT2D eigenvalue weighted by molar-refractivity contribution is 6.36. The molecular formula is C23H26N2O6. The Balaban J connectivity index is 2.05. The van der Waals surface area contributed by atoms with Crippen molar-refractivity contribution in [2.45, 2.75) is 20.0 Å². The molecule has 0 aliphatic carbocycles. The molecule has 164 valence electrons. The van der Waals surface area contributed by atoms with E-state index in [-0.39, 0.29) is 17.4 Å². The first kappa shape index (κ1) is 22.0. The summed E-state index contributed by atoms with van der Waals surface area (Å²) in [5.41, 5.74) is 1.56. The van der Waals surface area contributed by atoms with E-state index in [9.17, 15) is 9.59 Å². The van der Waals surface area contributed by atoms with Gasteiger partial charge in [-0.15, -0.1) is 0 Å². The molecule has 1 N–H and O–H groups in total. The molecule has 1 aliphatic heterocycles. The van der Waals surface area contributed by atoms with Crippen LogP contribution in [0.2, 0.25) is 0 Å². The fourth-order valence-corrected chi connectivity index (χ4v) is 3.30. The third-order valence-electron chi connectivity index (χ3n) is 4.74. The van der Waals surface area contributed by atoms with Gasteiger partial charge in [0.1, 0.15) is 11.4 Å². The average Bonchev–Trinajstić information content (AvgIpc) is 2.96. The molecule has 0 radical (unpaired) electrons. The van der Waals surface area contributed by atoms with E-state index in [0.29, 0.717) is 34.2 Å². The first-order valence-corrected chi connectivity index (χ1v) is 9.71. The lowest BCUT2D eigenvalue weighted by molar-refractivity contribution is -0.135. The van der Waals surface area contributed by atoms with Gasteiger partial charge in [-0.05, 0) is 31.5 Å². The molecule has 0 saturated carbocycles. The number of nitrogens with zero attached hydrogens (tertiary/aromatic N) is 1. The van der Waals surface area contributed by atoms with Gasteiger partial charge in [-0.25, -0.2) is 0 Å². The van der Waals surface area contributed by atoms with Crippen LogP contribution in [0.3, 0.4) is 0 Å². The molecule has 8 nitrogen and oxygen atoms in total. The van der Waals surface area contributed by atoms with Gasteiger partial charge >= 0.3 is 0 Å². The van der Waals surface area contributed by atoms with Gasteiger partial charge in [0.25, 0.3) is 11.8 Å². The maximum atomic E-state index is 12.8. The van der Waals surface area contributed by atoms with Gasteiger partial charge < -0.3 is 24.3 Å². The molecule has 2 aromatic rings. The number of imide groups is 1. The summed E-state index contributed by atoms with van der Waals surface area (Å²) in [4.78, 5) is 26.7. The zero-order valence-electron chi connectivity index (χ0n) is 18.4. The summed E-state index contributed by atoms with van der Waals surface area (Å²) in [6.07, 6.45) is 0.0307. The molecule has 0 spiro atoms. The molecule has 0 unspecified atom stereocenters. The Morgan fingerprint density at radius 1 is 0.871 bits per heavy atom. The van der Waals surface area contributed by atoms with Gasteiger partial charge in [0.05, 0.1) is 33.0 Å². The van der Waals surface area contributed by atoms with E-state index in [0.717, 1.165) is 4.90 Å². The minimum atomic E-state index is -0.434. The highest BCUT2D eigenvalue weighted by Gasteiger charge is 2.37. The van der Waals surface area contributed by atoms with Crippen LogP contribution in [0, 0.1) is 0 Å². The third kappa shape index (κ3) is 4.28. The molecule has 0 fully saturated rings.